The van der Waals surface area contributed by atoms with Crippen LogP contribution in [0.2, 0.25) is 5.02 Å². The van der Waals surface area contributed by atoms with E-state index >= 15 is 0 Å². The molecule has 0 spiro atoms. The summed E-state index contributed by atoms with van der Waals surface area (Å²) in [5, 5.41) is 12.1. The summed E-state index contributed by atoms with van der Waals surface area (Å²) in [5.74, 6) is -0.816. The molecule has 0 fully saturated rings. The molecule has 0 bridgehead atoms. The highest BCUT2D eigenvalue weighted by Crippen LogP contribution is 2.26. The van der Waals surface area contributed by atoms with Crippen molar-refractivity contribution in [3.63, 3.8) is 0 Å². The number of nitrogens with one attached hydrogen (secondary N) is 1. The number of ether oxygens (including phenoxy) is 1. The molecule has 0 saturated heterocycles. The fourth-order valence-electron chi connectivity index (χ4n) is 1.58. The lowest BCUT2D eigenvalue weighted by Crippen LogP contribution is -2.41. The maximum Gasteiger partial charge on any atom is 0.326 e. The van der Waals surface area contributed by atoms with Crippen molar-refractivity contribution in [1.29, 1.82) is 0 Å². The molecule has 0 aliphatic rings. The number of carbonyl (C=O) groups is 2. The Hall–Kier alpha value is -1.24. The number of carboxylic acid groups (broad SMARTS) is 1. The first-order chi connectivity index (χ1) is 10.0. The minimum absolute atomic E-state index is 0.229. The van der Waals surface area contributed by atoms with Crippen LogP contribution in [0.1, 0.15) is 12.8 Å². The highest BCUT2D eigenvalue weighted by atomic mass is 35.5. The van der Waals surface area contributed by atoms with Gasteiger partial charge in [-0.25, -0.2) is 4.79 Å². The van der Waals surface area contributed by atoms with E-state index in [1.165, 1.54) is 18.9 Å². The van der Waals surface area contributed by atoms with Crippen LogP contribution in [0.15, 0.2) is 29.2 Å². The number of methoxy groups -OCH3 is 1. The number of rotatable bonds is 9. The van der Waals surface area contributed by atoms with Crippen molar-refractivity contribution in [2.75, 3.05) is 19.5 Å². The highest BCUT2D eigenvalue weighted by molar-refractivity contribution is 7.99. The lowest BCUT2D eigenvalue weighted by Gasteiger charge is -2.13. The molecule has 0 aliphatic carbocycles. The van der Waals surface area contributed by atoms with E-state index in [0.717, 1.165) is 4.90 Å². The Morgan fingerprint density at radius 2 is 2.14 bits per heavy atom. The lowest BCUT2D eigenvalue weighted by molar-refractivity contribution is -0.142. The third-order valence-electron chi connectivity index (χ3n) is 2.67. The summed E-state index contributed by atoms with van der Waals surface area (Å²) in [6.45, 7) is 0.283. The minimum Gasteiger partial charge on any atom is -0.480 e. The van der Waals surface area contributed by atoms with Crippen molar-refractivity contribution in [3.8, 4) is 0 Å². The van der Waals surface area contributed by atoms with E-state index in [1.807, 2.05) is 18.2 Å². The van der Waals surface area contributed by atoms with Gasteiger partial charge in [0, 0.05) is 37.2 Å². The van der Waals surface area contributed by atoms with Gasteiger partial charge in [0.1, 0.15) is 6.04 Å². The van der Waals surface area contributed by atoms with E-state index in [1.54, 1.807) is 6.07 Å². The van der Waals surface area contributed by atoms with Crippen LogP contribution in [0.3, 0.4) is 0 Å². The molecular formula is C14H18ClNO4S. The normalized spacial score (nSPS) is 11.9. The Kier molecular flexibility index (Phi) is 8.19. The van der Waals surface area contributed by atoms with Gasteiger partial charge in [0.25, 0.3) is 0 Å². The molecule has 1 amide bonds. The second-order valence-electron chi connectivity index (χ2n) is 4.27. The lowest BCUT2D eigenvalue weighted by atomic mass is 10.2. The monoisotopic (exact) mass is 331 g/mol. The van der Waals surface area contributed by atoms with E-state index in [0.29, 0.717) is 10.8 Å². The van der Waals surface area contributed by atoms with Gasteiger partial charge in [0.15, 0.2) is 0 Å². The van der Waals surface area contributed by atoms with Gasteiger partial charge in [-0.2, -0.15) is 0 Å². The van der Waals surface area contributed by atoms with Gasteiger partial charge in [-0.15, -0.1) is 11.8 Å². The van der Waals surface area contributed by atoms with Crippen LogP contribution in [-0.4, -0.2) is 42.5 Å². The average Bonchev–Trinajstić information content (AvgIpc) is 2.45. The zero-order valence-electron chi connectivity index (χ0n) is 11.7. The quantitative estimate of drug-likeness (QED) is 0.680. The third kappa shape index (κ3) is 6.84. The number of carboxylic acids is 1. The molecule has 7 heteroatoms. The van der Waals surface area contributed by atoms with Crippen LogP contribution in [-0.2, 0) is 14.3 Å². The molecule has 21 heavy (non-hydrogen) atoms. The molecular weight excluding hydrogens is 314 g/mol. The predicted octanol–water partition coefficient (Wildman–Crippen LogP) is 2.43. The summed E-state index contributed by atoms with van der Waals surface area (Å²) in [5.41, 5.74) is 0. The molecule has 0 aromatic heterocycles. The van der Waals surface area contributed by atoms with Gasteiger partial charge in [0.2, 0.25) is 5.91 Å². The van der Waals surface area contributed by atoms with Crippen LogP contribution in [0.5, 0.6) is 0 Å². The number of amides is 1. The van der Waals surface area contributed by atoms with Gasteiger partial charge in [-0.1, -0.05) is 23.7 Å². The van der Waals surface area contributed by atoms with E-state index < -0.39 is 12.0 Å². The molecule has 1 rings (SSSR count). The van der Waals surface area contributed by atoms with Crippen molar-refractivity contribution < 1.29 is 19.4 Å². The Balaban J connectivity index is 2.36. The number of carbonyl (C=O) groups excluding carboxylic acids is 1. The highest BCUT2D eigenvalue weighted by Gasteiger charge is 2.19. The first kappa shape index (κ1) is 17.8. The zero-order valence-corrected chi connectivity index (χ0v) is 13.2. The Bertz CT molecular complexity index is 484. The largest absolute Gasteiger partial charge is 0.480 e. The number of thioether (sulfide) groups is 1. The van der Waals surface area contributed by atoms with E-state index in [-0.39, 0.29) is 25.4 Å². The first-order valence-corrected chi connectivity index (χ1v) is 7.79. The molecule has 5 nitrogen and oxygen atoms in total. The fraction of sp³-hybridized carbons (Fsp3) is 0.429. The molecule has 0 heterocycles. The second-order valence-corrected chi connectivity index (χ2v) is 5.81. The molecule has 1 aromatic rings. The maximum absolute atomic E-state index is 11.7. The van der Waals surface area contributed by atoms with Gasteiger partial charge in [-0.3, -0.25) is 4.79 Å². The minimum atomic E-state index is -1.06. The Morgan fingerprint density at radius 3 is 2.76 bits per heavy atom. The smallest absolute Gasteiger partial charge is 0.326 e. The van der Waals surface area contributed by atoms with Crippen molar-refractivity contribution >= 4 is 35.2 Å². The summed E-state index contributed by atoms with van der Waals surface area (Å²) < 4.78 is 4.82. The Labute approximate surface area is 133 Å². The van der Waals surface area contributed by atoms with E-state index in [4.69, 9.17) is 21.4 Å². The zero-order chi connectivity index (χ0) is 15.7. The number of hydrogen-bond acceptors (Lipinski definition) is 4. The third-order valence-corrected chi connectivity index (χ3v) is 4.18. The molecule has 1 unspecified atom stereocenters. The molecule has 1 aromatic carbocycles. The summed E-state index contributed by atoms with van der Waals surface area (Å²) in [7, 11) is 1.49. The van der Waals surface area contributed by atoms with Crippen molar-refractivity contribution in [1.82, 2.24) is 5.32 Å². The Morgan fingerprint density at radius 1 is 1.43 bits per heavy atom. The number of halogens is 1. The van der Waals surface area contributed by atoms with Crippen molar-refractivity contribution in [2.45, 2.75) is 23.8 Å². The summed E-state index contributed by atoms with van der Waals surface area (Å²) >= 11 is 7.47. The maximum atomic E-state index is 11.7. The first-order valence-electron chi connectivity index (χ1n) is 6.43. The topological polar surface area (TPSA) is 75.6 Å². The van der Waals surface area contributed by atoms with Gasteiger partial charge < -0.3 is 15.2 Å². The molecule has 1 atom stereocenters. The van der Waals surface area contributed by atoms with Gasteiger partial charge >= 0.3 is 5.97 Å². The standard InChI is InChI=1S/C14H18ClNO4S/c1-20-8-6-11(14(18)19)16-13(17)7-9-21-12-5-3-2-4-10(12)15/h2-5,11H,6-9H2,1H3,(H,16,17)(H,18,19). The molecule has 0 aliphatic heterocycles. The SMILES string of the molecule is COCCC(NC(=O)CCSc1ccccc1Cl)C(=O)O. The molecule has 0 radical (unpaired) electrons. The van der Waals surface area contributed by atoms with Crippen LogP contribution < -0.4 is 5.32 Å². The van der Waals surface area contributed by atoms with Gasteiger partial charge in [-0.05, 0) is 12.1 Å². The van der Waals surface area contributed by atoms with Crippen molar-refractivity contribution in [2.24, 2.45) is 0 Å². The van der Waals surface area contributed by atoms with Crippen LogP contribution in [0.4, 0.5) is 0 Å². The van der Waals surface area contributed by atoms with Crippen LogP contribution in [0, 0.1) is 0 Å². The van der Waals surface area contributed by atoms with Crippen LogP contribution in [0.25, 0.3) is 0 Å². The number of aliphatic carboxylic acids is 1. The fourth-order valence-corrected chi connectivity index (χ4v) is 2.76. The van der Waals surface area contributed by atoms with E-state index in [2.05, 4.69) is 5.32 Å². The van der Waals surface area contributed by atoms with Gasteiger partial charge in [0.05, 0.1) is 5.02 Å². The summed E-state index contributed by atoms with van der Waals surface area (Å²) in [4.78, 5) is 23.6. The summed E-state index contributed by atoms with van der Waals surface area (Å²) in [6, 6.07) is 6.47. The molecule has 0 saturated carbocycles. The van der Waals surface area contributed by atoms with E-state index in [9.17, 15) is 9.59 Å². The number of benzene rings is 1. The average molecular weight is 332 g/mol. The number of hydrogen-bond donors (Lipinski definition) is 2. The molecule has 2 N–H and O–H groups in total. The van der Waals surface area contributed by atoms with Crippen molar-refractivity contribution in [3.05, 3.63) is 29.3 Å². The van der Waals surface area contributed by atoms with Crippen LogP contribution >= 0.6 is 23.4 Å². The summed E-state index contributed by atoms with van der Waals surface area (Å²) in [6.07, 6.45) is 0.474. The second kappa shape index (κ2) is 9.65. The molecule has 116 valence electrons. The predicted molar refractivity (Wildman–Crippen MR) is 82.9 cm³/mol.